The van der Waals surface area contributed by atoms with Gasteiger partial charge in [0, 0.05) is 49.9 Å². The quantitative estimate of drug-likeness (QED) is 0.766. The van der Waals surface area contributed by atoms with Gasteiger partial charge in [-0.2, -0.15) is 17.0 Å². The molecule has 1 atom stereocenters. The number of aromatic nitrogens is 2. The molecule has 0 spiro atoms. The van der Waals surface area contributed by atoms with Crippen LogP contribution in [0.1, 0.15) is 50.7 Å². The van der Waals surface area contributed by atoms with Gasteiger partial charge in [0.2, 0.25) is 5.91 Å². The summed E-state index contributed by atoms with van der Waals surface area (Å²) in [6, 6.07) is 0.0191. The first-order valence-electron chi connectivity index (χ1n) is 9.35. The first-order valence-corrected chi connectivity index (χ1v) is 10.7. The van der Waals surface area contributed by atoms with Gasteiger partial charge in [-0.15, -0.1) is 0 Å². The lowest BCUT2D eigenvalue weighted by atomic mass is 9.81. The summed E-state index contributed by atoms with van der Waals surface area (Å²) in [6.07, 6.45) is 1.88. The number of piperidine rings is 1. The second-order valence-electron chi connectivity index (χ2n) is 8.26. The topological polar surface area (TPSA) is 86.7 Å². The summed E-state index contributed by atoms with van der Waals surface area (Å²) in [5, 5.41) is 0. The van der Waals surface area contributed by atoms with E-state index in [1.807, 2.05) is 27.7 Å². The summed E-state index contributed by atoms with van der Waals surface area (Å²) in [5.41, 5.74) is 1.20. The van der Waals surface area contributed by atoms with Crippen LogP contribution in [-0.2, 0) is 26.8 Å². The van der Waals surface area contributed by atoms with Crippen LogP contribution in [-0.4, -0.2) is 66.1 Å². The van der Waals surface area contributed by atoms with E-state index in [0.29, 0.717) is 31.2 Å². The van der Waals surface area contributed by atoms with Crippen LogP contribution < -0.4 is 4.90 Å². The molecule has 1 fully saturated rings. The Kier molecular flexibility index (Phi) is 5.07. The SMILES string of the molecule is Cc1nc([C@]2(C)CCCN(S(=O)(=O)N(C)C)C2)nc2c1CC(=O)N2C(C)C. The van der Waals surface area contributed by atoms with Crippen molar-refractivity contribution in [2.45, 2.75) is 58.4 Å². The van der Waals surface area contributed by atoms with Crippen molar-refractivity contribution in [2.24, 2.45) is 0 Å². The van der Waals surface area contributed by atoms with Crippen LogP contribution in [0.2, 0.25) is 0 Å². The first kappa shape index (κ1) is 20.2. The normalized spacial score (nSPS) is 24.1. The van der Waals surface area contributed by atoms with Crippen LogP contribution in [0.4, 0.5) is 5.82 Å². The molecule has 2 aliphatic heterocycles. The number of nitrogens with zero attached hydrogens (tertiary/aromatic N) is 5. The lowest BCUT2D eigenvalue weighted by Crippen LogP contribution is -2.51. The summed E-state index contributed by atoms with van der Waals surface area (Å²) >= 11 is 0. The highest BCUT2D eigenvalue weighted by Crippen LogP contribution is 2.37. The highest BCUT2D eigenvalue weighted by atomic mass is 32.2. The molecule has 1 aromatic heterocycles. The smallest absolute Gasteiger partial charge is 0.281 e. The van der Waals surface area contributed by atoms with Gasteiger partial charge >= 0.3 is 0 Å². The summed E-state index contributed by atoms with van der Waals surface area (Å²) in [5.74, 6) is 1.35. The van der Waals surface area contributed by atoms with Gasteiger partial charge in [-0.1, -0.05) is 6.92 Å². The number of carbonyl (C=O) groups excluding carboxylic acids is 1. The molecule has 0 bridgehead atoms. The number of anilines is 1. The number of hydrogen-bond donors (Lipinski definition) is 0. The summed E-state index contributed by atoms with van der Waals surface area (Å²) in [7, 11) is -0.397. The van der Waals surface area contributed by atoms with E-state index in [4.69, 9.17) is 9.97 Å². The maximum atomic E-state index is 12.6. The molecule has 3 heterocycles. The molecule has 1 amide bonds. The average Bonchev–Trinajstić information content (AvgIpc) is 2.91. The Hall–Kier alpha value is -1.58. The van der Waals surface area contributed by atoms with Crippen molar-refractivity contribution in [2.75, 3.05) is 32.1 Å². The van der Waals surface area contributed by atoms with Gasteiger partial charge < -0.3 is 0 Å². The second kappa shape index (κ2) is 6.79. The molecule has 0 radical (unpaired) electrons. The molecule has 0 aliphatic carbocycles. The Balaban J connectivity index is 2.02. The molecule has 27 heavy (non-hydrogen) atoms. The largest absolute Gasteiger partial charge is 0.294 e. The number of amides is 1. The van der Waals surface area contributed by atoms with Crippen LogP contribution >= 0.6 is 0 Å². The van der Waals surface area contributed by atoms with Crippen molar-refractivity contribution in [1.82, 2.24) is 18.6 Å². The van der Waals surface area contributed by atoms with Crippen LogP contribution in [0.3, 0.4) is 0 Å². The average molecular weight is 396 g/mol. The van der Waals surface area contributed by atoms with E-state index in [0.717, 1.165) is 24.1 Å². The van der Waals surface area contributed by atoms with Crippen molar-refractivity contribution >= 4 is 21.9 Å². The summed E-state index contributed by atoms with van der Waals surface area (Å²) < 4.78 is 28.0. The Bertz CT molecular complexity index is 868. The lowest BCUT2D eigenvalue weighted by molar-refractivity contribution is -0.117. The van der Waals surface area contributed by atoms with Crippen molar-refractivity contribution in [3.05, 3.63) is 17.1 Å². The molecule has 8 nitrogen and oxygen atoms in total. The highest BCUT2D eigenvalue weighted by molar-refractivity contribution is 7.86. The van der Waals surface area contributed by atoms with Crippen LogP contribution in [0.15, 0.2) is 0 Å². The predicted molar refractivity (Wildman–Crippen MR) is 104 cm³/mol. The zero-order valence-corrected chi connectivity index (χ0v) is 17.8. The van der Waals surface area contributed by atoms with E-state index < -0.39 is 15.6 Å². The minimum atomic E-state index is -3.49. The van der Waals surface area contributed by atoms with Gasteiger partial charge in [-0.05, 0) is 33.6 Å². The molecule has 1 aromatic rings. The van der Waals surface area contributed by atoms with Crippen molar-refractivity contribution in [1.29, 1.82) is 0 Å². The summed E-state index contributed by atoms with van der Waals surface area (Å²) in [6.45, 7) is 8.69. The minimum absolute atomic E-state index is 0.0191. The molecule has 9 heteroatoms. The van der Waals surface area contributed by atoms with Gasteiger partial charge in [0.25, 0.3) is 10.2 Å². The molecule has 0 unspecified atom stereocenters. The van der Waals surface area contributed by atoms with Crippen molar-refractivity contribution < 1.29 is 13.2 Å². The van der Waals surface area contributed by atoms with E-state index >= 15 is 0 Å². The number of fused-ring (bicyclic) bond motifs is 1. The number of carbonyl (C=O) groups is 1. The molecular weight excluding hydrogens is 366 g/mol. The monoisotopic (exact) mass is 395 g/mol. The maximum Gasteiger partial charge on any atom is 0.281 e. The molecular formula is C18H29N5O3S. The standard InChI is InChI=1S/C18H29N5O3S/c1-12(2)23-15(24)10-14-13(3)19-17(20-16(14)23)18(4)8-7-9-22(11-18)27(25,26)21(5)6/h12H,7-11H2,1-6H3/t18-/m1/s1. The Labute approximate surface area is 161 Å². The fraction of sp³-hybridized carbons (Fsp3) is 0.722. The van der Waals surface area contributed by atoms with E-state index in [9.17, 15) is 13.2 Å². The minimum Gasteiger partial charge on any atom is -0.294 e. The van der Waals surface area contributed by atoms with Gasteiger partial charge in [0.15, 0.2) is 0 Å². The molecule has 2 aliphatic rings. The third kappa shape index (κ3) is 3.36. The van der Waals surface area contributed by atoms with Gasteiger partial charge in [0.05, 0.1) is 6.42 Å². The van der Waals surface area contributed by atoms with Crippen LogP contribution in [0, 0.1) is 6.92 Å². The molecule has 3 rings (SSSR count). The van der Waals surface area contributed by atoms with Crippen molar-refractivity contribution in [3.63, 3.8) is 0 Å². The zero-order chi connectivity index (χ0) is 20.1. The highest BCUT2D eigenvalue weighted by Gasteiger charge is 2.42. The lowest BCUT2D eigenvalue weighted by Gasteiger charge is -2.39. The number of aryl methyl sites for hydroxylation is 1. The Morgan fingerprint density at radius 1 is 1.22 bits per heavy atom. The van der Waals surface area contributed by atoms with Crippen molar-refractivity contribution in [3.8, 4) is 0 Å². The fourth-order valence-corrected chi connectivity index (χ4v) is 5.22. The van der Waals surface area contributed by atoms with Gasteiger partial charge in [0.1, 0.15) is 11.6 Å². The fourth-order valence-electron chi connectivity index (χ4n) is 3.95. The molecule has 150 valence electrons. The van der Waals surface area contributed by atoms with Crippen LogP contribution in [0.25, 0.3) is 0 Å². The van der Waals surface area contributed by atoms with E-state index in [2.05, 4.69) is 0 Å². The molecule has 1 saturated heterocycles. The van der Waals surface area contributed by atoms with E-state index in [-0.39, 0.29) is 11.9 Å². The Morgan fingerprint density at radius 2 is 1.89 bits per heavy atom. The molecule has 0 saturated carbocycles. The van der Waals surface area contributed by atoms with Crippen LogP contribution in [0.5, 0.6) is 0 Å². The maximum absolute atomic E-state index is 12.6. The van der Waals surface area contributed by atoms with Gasteiger partial charge in [-0.3, -0.25) is 9.69 Å². The third-order valence-corrected chi connectivity index (χ3v) is 7.41. The molecule has 0 aromatic carbocycles. The number of hydrogen-bond acceptors (Lipinski definition) is 5. The number of rotatable bonds is 4. The first-order chi connectivity index (χ1) is 12.5. The zero-order valence-electron chi connectivity index (χ0n) is 17.0. The van der Waals surface area contributed by atoms with E-state index in [1.165, 1.54) is 8.61 Å². The second-order valence-corrected chi connectivity index (χ2v) is 10.4. The molecule has 0 N–H and O–H groups in total. The Morgan fingerprint density at radius 3 is 2.48 bits per heavy atom. The summed E-state index contributed by atoms with van der Waals surface area (Å²) in [4.78, 5) is 23.6. The van der Waals surface area contributed by atoms with Gasteiger partial charge in [-0.25, -0.2) is 9.97 Å². The van der Waals surface area contributed by atoms with E-state index in [1.54, 1.807) is 19.0 Å². The third-order valence-electron chi connectivity index (χ3n) is 5.52. The predicted octanol–water partition coefficient (Wildman–Crippen LogP) is 1.24.